The number of carboxylic acid groups (broad SMARTS) is 1. The molecule has 2 aromatic rings. The molecule has 3 rings (SSSR count). The summed E-state index contributed by atoms with van der Waals surface area (Å²) in [4.78, 5) is 28.2. The van der Waals surface area contributed by atoms with Crippen LogP contribution in [0.1, 0.15) is 18.5 Å². The Kier molecular flexibility index (Phi) is 4.06. The van der Waals surface area contributed by atoms with Gasteiger partial charge in [0.15, 0.2) is 0 Å². The summed E-state index contributed by atoms with van der Waals surface area (Å²) in [5.41, 5.74) is 0.281. The maximum absolute atomic E-state index is 12.2. The highest BCUT2D eigenvalue weighted by molar-refractivity contribution is 7.99. The number of carbonyl (C=O) groups is 2. The van der Waals surface area contributed by atoms with Crippen LogP contribution in [0.4, 0.5) is 0 Å². The fourth-order valence-corrected chi connectivity index (χ4v) is 3.85. The molecule has 0 bridgehead atoms. The van der Waals surface area contributed by atoms with Gasteiger partial charge in [-0.3, -0.25) is 4.79 Å². The highest BCUT2D eigenvalue weighted by Gasteiger charge is 2.41. The molecule has 3 heterocycles. The van der Waals surface area contributed by atoms with E-state index in [1.165, 1.54) is 0 Å². The number of fused-ring (bicyclic) bond motifs is 1. The molecule has 0 aliphatic carbocycles. The molecular formula is C15H17N3O3S. The number of thioether (sulfide) groups is 1. The Bertz CT molecular complexity index is 674. The third-order valence-electron chi connectivity index (χ3n) is 3.89. The second-order valence-electron chi connectivity index (χ2n) is 5.42. The first-order valence-electron chi connectivity index (χ1n) is 7.14. The lowest BCUT2D eigenvalue weighted by Crippen LogP contribution is -2.56. The first-order valence-corrected chi connectivity index (χ1v) is 8.29. The SMILES string of the molecule is O=C(Cc1cn2ccccc2n1)NC1(C(=O)O)CCSCC1. The molecule has 1 fully saturated rings. The first kappa shape index (κ1) is 14.9. The smallest absolute Gasteiger partial charge is 0.329 e. The largest absolute Gasteiger partial charge is 0.480 e. The first-order chi connectivity index (χ1) is 10.6. The summed E-state index contributed by atoms with van der Waals surface area (Å²) in [6.07, 6.45) is 4.66. The third-order valence-corrected chi connectivity index (χ3v) is 4.88. The summed E-state index contributed by atoms with van der Waals surface area (Å²) < 4.78 is 1.84. The molecule has 0 saturated carbocycles. The standard InChI is InChI=1S/C15H17N3O3S/c19-13(17-15(14(20)21)4-7-22-8-5-15)9-11-10-18-6-2-1-3-12(18)16-11/h1-3,6,10H,4-5,7-9H2,(H,17,19)(H,20,21). The van der Waals surface area contributed by atoms with Crippen molar-refractivity contribution in [2.45, 2.75) is 24.8 Å². The molecule has 22 heavy (non-hydrogen) atoms. The number of carboxylic acids is 1. The van der Waals surface area contributed by atoms with Crippen molar-refractivity contribution < 1.29 is 14.7 Å². The van der Waals surface area contributed by atoms with Crippen LogP contribution in [0, 0.1) is 0 Å². The van der Waals surface area contributed by atoms with Crippen molar-refractivity contribution in [3.8, 4) is 0 Å². The zero-order chi connectivity index (χ0) is 15.6. The van der Waals surface area contributed by atoms with Crippen molar-refractivity contribution >= 4 is 29.3 Å². The summed E-state index contributed by atoms with van der Waals surface area (Å²) in [5, 5.41) is 12.2. The lowest BCUT2D eigenvalue weighted by molar-refractivity contribution is -0.148. The van der Waals surface area contributed by atoms with Gasteiger partial charge in [0.05, 0.1) is 12.1 Å². The molecule has 0 aromatic carbocycles. The molecule has 6 nitrogen and oxygen atoms in total. The van der Waals surface area contributed by atoms with E-state index < -0.39 is 11.5 Å². The van der Waals surface area contributed by atoms with Crippen LogP contribution in [-0.4, -0.2) is 43.4 Å². The van der Waals surface area contributed by atoms with Gasteiger partial charge in [0.25, 0.3) is 0 Å². The molecule has 0 spiro atoms. The number of nitrogens with one attached hydrogen (secondary N) is 1. The molecule has 2 aromatic heterocycles. The predicted molar refractivity (Wildman–Crippen MR) is 84.0 cm³/mol. The molecule has 1 aliphatic heterocycles. The van der Waals surface area contributed by atoms with Crippen molar-refractivity contribution in [3.63, 3.8) is 0 Å². The van der Waals surface area contributed by atoms with Gasteiger partial charge >= 0.3 is 5.97 Å². The number of aromatic nitrogens is 2. The topological polar surface area (TPSA) is 83.7 Å². The Morgan fingerprint density at radius 3 is 2.82 bits per heavy atom. The van der Waals surface area contributed by atoms with Crippen LogP contribution in [0.15, 0.2) is 30.6 Å². The van der Waals surface area contributed by atoms with Crippen molar-refractivity contribution in [1.82, 2.24) is 14.7 Å². The molecule has 116 valence electrons. The predicted octanol–water partition coefficient (Wildman–Crippen LogP) is 1.34. The fourth-order valence-electron chi connectivity index (χ4n) is 2.66. The van der Waals surface area contributed by atoms with Crippen molar-refractivity contribution in [3.05, 3.63) is 36.3 Å². The molecule has 7 heteroatoms. The van der Waals surface area contributed by atoms with Crippen LogP contribution in [0.5, 0.6) is 0 Å². The van der Waals surface area contributed by atoms with Crippen LogP contribution in [-0.2, 0) is 16.0 Å². The fraction of sp³-hybridized carbons (Fsp3) is 0.400. The van der Waals surface area contributed by atoms with E-state index >= 15 is 0 Å². The second-order valence-corrected chi connectivity index (χ2v) is 6.65. The van der Waals surface area contributed by atoms with E-state index in [0.29, 0.717) is 18.5 Å². The summed E-state index contributed by atoms with van der Waals surface area (Å²) in [7, 11) is 0. The highest BCUT2D eigenvalue weighted by atomic mass is 32.2. The molecule has 2 N–H and O–H groups in total. The summed E-state index contributed by atoms with van der Waals surface area (Å²) in [5.74, 6) is 0.260. The lowest BCUT2D eigenvalue weighted by Gasteiger charge is -2.33. The number of hydrogen-bond acceptors (Lipinski definition) is 4. The average Bonchev–Trinajstić information content (AvgIpc) is 2.89. The van der Waals surface area contributed by atoms with Gasteiger partial charge in [-0.25, -0.2) is 9.78 Å². The van der Waals surface area contributed by atoms with Gasteiger partial charge in [0, 0.05) is 12.4 Å². The van der Waals surface area contributed by atoms with Crippen LogP contribution in [0.25, 0.3) is 5.65 Å². The molecule has 1 amide bonds. The number of imidazole rings is 1. The Hall–Kier alpha value is -2.02. The normalized spacial score (nSPS) is 17.3. The maximum atomic E-state index is 12.2. The van der Waals surface area contributed by atoms with Crippen LogP contribution in [0.2, 0.25) is 0 Å². The minimum Gasteiger partial charge on any atom is -0.480 e. The van der Waals surface area contributed by atoms with Gasteiger partial charge in [0.2, 0.25) is 5.91 Å². The molecule has 1 saturated heterocycles. The van der Waals surface area contributed by atoms with E-state index in [1.54, 1.807) is 18.0 Å². The molecular weight excluding hydrogens is 302 g/mol. The second kappa shape index (κ2) is 6.00. The monoisotopic (exact) mass is 319 g/mol. The van der Waals surface area contributed by atoms with E-state index in [4.69, 9.17) is 0 Å². The Labute approximate surface area is 131 Å². The lowest BCUT2D eigenvalue weighted by atomic mass is 9.92. The van der Waals surface area contributed by atoms with E-state index in [1.807, 2.05) is 28.8 Å². The van der Waals surface area contributed by atoms with Gasteiger partial charge < -0.3 is 14.8 Å². The van der Waals surface area contributed by atoms with Gasteiger partial charge in [0.1, 0.15) is 11.2 Å². The Balaban J connectivity index is 1.72. The number of nitrogens with zero attached hydrogens (tertiary/aromatic N) is 2. The maximum Gasteiger partial charge on any atom is 0.329 e. The van der Waals surface area contributed by atoms with Crippen LogP contribution >= 0.6 is 11.8 Å². The minimum absolute atomic E-state index is 0.0872. The van der Waals surface area contributed by atoms with Crippen molar-refractivity contribution in [2.24, 2.45) is 0 Å². The number of carbonyl (C=O) groups excluding carboxylic acids is 1. The quantitative estimate of drug-likeness (QED) is 0.888. The van der Waals surface area contributed by atoms with Gasteiger partial charge in [-0.2, -0.15) is 11.8 Å². The molecule has 0 radical (unpaired) electrons. The average molecular weight is 319 g/mol. The van der Waals surface area contributed by atoms with E-state index in [2.05, 4.69) is 10.3 Å². The number of rotatable bonds is 4. The van der Waals surface area contributed by atoms with Crippen LogP contribution < -0.4 is 5.32 Å². The van der Waals surface area contributed by atoms with Gasteiger partial charge in [-0.15, -0.1) is 0 Å². The molecule has 1 aliphatic rings. The number of pyridine rings is 1. The highest BCUT2D eigenvalue weighted by Crippen LogP contribution is 2.27. The minimum atomic E-state index is -1.12. The Morgan fingerprint density at radius 2 is 2.14 bits per heavy atom. The third kappa shape index (κ3) is 2.94. The molecule has 0 unspecified atom stereocenters. The summed E-state index contributed by atoms with van der Waals surface area (Å²) >= 11 is 1.72. The van der Waals surface area contributed by atoms with Gasteiger partial charge in [-0.05, 0) is 36.5 Å². The zero-order valence-corrected chi connectivity index (χ0v) is 12.8. The zero-order valence-electron chi connectivity index (χ0n) is 12.0. The van der Waals surface area contributed by atoms with E-state index in [9.17, 15) is 14.7 Å². The summed E-state index contributed by atoms with van der Waals surface area (Å²) in [6, 6.07) is 5.63. The van der Waals surface area contributed by atoms with Gasteiger partial charge in [-0.1, -0.05) is 6.07 Å². The van der Waals surface area contributed by atoms with Crippen molar-refractivity contribution in [2.75, 3.05) is 11.5 Å². The number of hydrogen-bond donors (Lipinski definition) is 2. The van der Waals surface area contributed by atoms with Crippen LogP contribution in [0.3, 0.4) is 0 Å². The number of amides is 1. The molecule has 0 atom stereocenters. The number of aliphatic carboxylic acids is 1. The van der Waals surface area contributed by atoms with Crippen molar-refractivity contribution in [1.29, 1.82) is 0 Å². The summed E-state index contributed by atoms with van der Waals surface area (Å²) in [6.45, 7) is 0. The Morgan fingerprint density at radius 1 is 1.36 bits per heavy atom. The van der Waals surface area contributed by atoms with E-state index in [0.717, 1.165) is 17.2 Å². The van der Waals surface area contributed by atoms with E-state index in [-0.39, 0.29) is 12.3 Å².